The van der Waals surface area contributed by atoms with Crippen LogP contribution in [0.25, 0.3) is 0 Å². The summed E-state index contributed by atoms with van der Waals surface area (Å²) >= 11 is 1.41. The Balaban J connectivity index is 2.20. The van der Waals surface area contributed by atoms with E-state index in [1.54, 1.807) is 0 Å². The molecule has 2 heterocycles. The second-order valence-electron chi connectivity index (χ2n) is 4.38. The number of nitrogen functional groups attached to an aromatic ring is 1. The zero-order valence-electron chi connectivity index (χ0n) is 11.0. The molecule has 1 amide bonds. The molecule has 0 aliphatic carbocycles. The van der Waals surface area contributed by atoms with Gasteiger partial charge in [0.2, 0.25) is 0 Å². The molecule has 0 saturated carbocycles. The Labute approximate surface area is 112 Å². The molecule has 6 heteroatoms. The summed E-state index contributed by atoms with van der Waals surface area (Å²) in [7, 11) is 0. The first-order chi connectivity index (χ1) is 8.67. The van der Waals surface area contributed by atoms with Crippen LogP contribution < -0.4 is 10.6 Å². The number of nitrogens with two attached hydrogens (primary N) is 1. The number of aromatic nitrogens is 1. The fourth-order valence-corrected chi connectivity index (χ4v) is 3.25. The minimum atomic E-state index is 0.0425. The molecule has 0 bridgehead atoms. The molecule has 100 valence electrons. The zero-order valence-corrected chi connectivity index (χ0v) is 11.8. The normalized spacial score (nSPS) is 15.1. The van der Waals surface area contributed by atoms with Crippen LogP contribution in [0.2, 0.25) is 0 Å². The lowest BCUT2D eigenvalue weighted by Gasteiger charge is -2.16. The quantitative estimate of drug-likeness (QED) is 0.904. The molecule has 1 fully saturated rings. The van der Waals surface area contributed by atoms with Crippen LogP contribution in [-0.4, -0.2) is 42.0 Å². The SMILES string of the molecule is CCN(CC)c1nc(N)c(C(=O)N2CCCC2)s1. The summed E-state index contributed by atoms with van der Waals surface area (Å²) in [4.78, 5) is 21.2. The molecule has 1 aromatic heterocycles. The van der Waals surface area contributed by atoms with Crippen molar-refractivity contribution in [2.75, 3.05) is 36.8 Å². The average molecular weight is 268 g/mol. The summed E-state index contributed by atoms with van der Waals surface area (Å²) in [5, 5.41) is 0.847. The third-order valence-corrected chi connectivity index (χ3v) is 4.38. The lowest BCUT2D eigenvalue weighted by atomic mass is 10.4. The third kappa shape index (κ3) is 2.43. The summed E-state index contributed by atoms with van der Waals surface area (Å²) in [5.74, 6) is 0.416. The van der Waals surface area contributed by atoms with Crippen LogP contribution >= 0.6 is 11.3 Å². The number of likely N-dealkylation sites (tertiary alicyclic amines) is 1. The van der Waals surface area contributed by atoms with E-state index >= 15 is 0 Å². The van der Waals surface area contributed by atoms with E-state index in [4.69, 9.17) is 5.73 Å². The number of amides is 1. The van der Waals surface area contributed by atoms with Crippen LogP contribution in [0.5, 0.6) is 0 Å². The van der Waals surface area contributed by atoms with Gasteiger partial charge in [-0.3, -0.25) is 4.79 Å². The topological polar surface area (TPSA) is 62.5 Å². The van der Waals surface area contributed by atoms with Crippen LogP contribution in [-0.2, 0) is 0 Å². The highest BCUT2D eigenvalue weighted by Gasteiger charge is 2.25. The minimum absolute atomic E-state index is 0.0425. The second-order valence-corrected chi connectivity index (χ2v) is 5.36. The summed E-state index contributed by atoms with van der Waals surface area (Å²) < 4.78 is 0. The van der Waals surface area contributed by atoms with Crippen LogP contribution in [0.3, 0.4) is 0 Å². The molecule has 0 unspecified atom stereocenters. The molecule has 1 aromatic rings. The fourth-order valence-electron chi connectivity index (χ4n) is 2.17. The molecule has 0 spiro atoms. The molecule has 1 aliphatic rings. The summed E-state index contributed by atoms with van der Waals surface area (Å²) in [5.41, 5.74) is 5.88. The number of hydrogen-bond acceptors (Lipinski definition) is 5. The highest BCUT2D eigenvalue weighted by molar-refractivity contribution is 7.18. The number of hydrogen-bond donors (Lipinski definition) is 1. The van der Waals surface area contributed by atoms with E-state index in [9.17, 15) is 4.79 Å². The summed E-state index contributed by atoms with van der Waals surface area (Å²) in [6.45, 7) is 7.58. The van der Waals surface area contributed by atoms with Crippen molar-refractivity contribution in [3.8, 4) is 0 Å². The van der Waals surface area contributed by atoms with E-state index in [1.165, 1.54) is 11.3 Å². The molecule has 1 aliphatic heterocycles. The van der Waals surface area contributed by atoms with Gasteiger partial charge >= 0.3 is 0 Å². The van der Waals surface area contributed by atoms with Gasteiger partial charge in [0.15, 0.2) is 5.13 Å². The second kappa shape index (κ2) is 5.56. The zero-order chi connectivity index (χ0) is 13.1. The van der Waals surface area contributed by atoms with Gasteiger partial charge in [0.05, 0.1) is 0 Å². The van der Waals surface area contributed by atoms with Gasteiger partial charge in [-0.25, -0.2) is 4.98 Å². The average Bonchev–Trinajstić information content (AvgIpc) is 2.99. The molecule has 0 aromatic carbocycles. The number of rotatable bonds is 4. The molecular weight excluding hydrogens is 248 g/mol. The van der Waals surface area contributed by atoms with Gasteiger partial charge in [-0.2, -0.15) is 0 Å². The largest absolute Gasteiger partial charge is 0.382 e. The van der Waals surface area contributed by atoms with E-state index in [1.807, 2.05) is 4.90 Å². The van der Waals surface area contributed by atoms with Crippen molar-refractivity contribution < 1.29 is 4.79 Å². The minimum Gasteiger partial charge on any atom is -0.382 e. The van der Waals surface area contributed by atoms with E-state index < -0.39 is 0 Å². The molecule has 0 radical (unpaired) electrons. The van der Waals surface area contributed by atoms with Crippen molar-refractivity contribution in [1.82, 2.24) is 9.88 Å². The molecule has 5 nitrogen and oxygen atoms in total. The number of carbonyl (C=O) groups excluding carboxylic acids is 1. The number of thiazole rings is 1. The first-order valence-corrected chi connectivity index (χ1v) is 7.29. The van der Waals surface area contributed by atoms with Gasteiger partial charge in [-0.05, 0) is 26.7 Å². The molecule has 0 atom stereocenters. The predicted molar refractivity (Wildman–Crippen MR) is 75.2 cm³/mol. The van der Waals surface area contributed by atoms with Gasteiger partial charge in [-0.15, -0.1) is 0 Å². The van der Waals surface area contributed by atoms with Crippen LogP contribution in [0.1, 0.15) is 36.4 Å². The Morgan fingerprint density at radius 3 is 2.56 bits per heavy atom. The molecular formula is C12H20N4OS. The molecule has 18 heavy (non-hydrogen) atoms. The van der Waals surface area contributed by atoms with Crippen molar-refractivity contribution in [2.45, 2.75) is 26.7 Å². The van der Waals surface area contributed by atoms with Gasteiger partial charge < -0.3 is 15.5 Å². The monoisotopic (exact) mass is 268 g/mol. The van der Waals surface area contributed by atoms with Gasteiger partial charge in [0.25, 0.3) is 5.91 Å². The van der Waals surface area contributed by atoms with Crippen LogP contribution in [0.4, 0.5) is 10.9 Å². The Morgan fingerprint density at radius 1 is 1.39 bits per heavy atom. The van der Waals surface area contributed by atoms with E-state index in [0.717, 1.165) is 44.2 Å². The van der Waals surface area contributed by atoms with E-state index in [-0.39, 0.29) is 5.91 Å². The maximum atomic E-state index is 12.3. The van der Waals surface area contributed by atoms with Crippen molar-refractivity contribution >= 4 is 28.2 Å². The van der Waals surface area contributed by atoms with E-state index in [2.05, 4.69) is 23.7 Å². The van der Waals surface area contributed by atoms with Crippen molar-refractivity contribution in [3.63, 3.8) is 0 Å². The Bertz CT molecular complexity index is 422. The van der Waals surface area contributed by atoms with Gasteiger partial charge in [0.1, 0.15) is 10.7 Å². The highest BCUT2D eigenvalue weighted by atomic mass is 32.1. The Hall–Kier alpha value is -1.30. The maximum absolute atomic E-state index is 12.3. The third-order valence-electron chi connectivity index (χ3n) is 3.26. The van der Waals surface area contributed by atoms with Crippen molar-refractivity contribution in [1.29, 1.82) is 0 Å². The fraction of sp³-hybridized carbons (Fsp3) is 0.667. The van der Waals surface area contributed by atoms with Gasteiger partial charge in [-0.1, -0.05) is 11.3 Å². The molecule has 1 saturated heterocycles. The van der Waals surface area contributed by atoms with Crippen molar-refractivity contribution in [2.24, 2.45) is 0 Å². The number of nitrogens with zero attached hydrogens (tertiary/aromatic N) is 3. The summed E-state index contributed by atoms with van der Waals surface area (Å²) in [6, 6.07) is 0. The highest BCUT2D eigenvalue weighted by Crippen LogP contribution is 2.29. The molecule has 2 N–H and O–H groups in total. The number of anilines is 2. The Morgan fingerprint density at radius 2 is 2.00 bits per heavy atom. The van der Waals surface area contributed by atoms with E-state index in [0.29, 0.717) is 10.7 Å². The predicted octanol–water partition coefficient (Wildman–Crippen LogP) is 1.81. The van der Waals surface area contributed by atoms with Crippen molar-refractivity contribution in [3.05, 3.63) is 4.88 Å². The van der Waals surface area contributed by atoms with Crippen LogP contribution in [0, 0.1) is 0 Å². The first kappa shape index (κ1) is 13.1. The Kier molecular flexibility index (Phi) is 4.06. The van der Waals surface area contributed by atoms with Crippen LogP contribution in [0.15, 0.2) is 0 Å². The maximum Gasteiger partial charge on any atom is 0.267 e. The lowest BCUT2D eigenvalue weighted by Crippen LogP contribution is -2.27. The molecule has 2 rings (SSSR count). The van der Waals surface area contributed by atoms with Gasteiger partial charge in [0, 0.05) is 26.2 Å². The standard InChI is InChI=1S/C12H20N4OS/c1-3-15(4-2)12-14-10(13)9(18-12)11(17)16-7-5-6-8-16/h3-8,13H2,1-2H3. The summed E-state index contributed by atoms with van der Waals surface area (Å²) in [6.07, 6.45) is 2.18. The lowest BCUT2D eigenvalue weighted by molar-refractivity contribution is 0.0798. The first-order valence-electron chi connectivity index (χ1n) is 6.47. The smallest absolute Gasteiger partial charge is 0.267 e. The number of carbonyl (C=O) groups is 1.